The first-order valence-electron chi connectivity index (χ1n) is 11.2. The Bertz CT molecular complexity index is 461. The Hall–Kier alpha value is -0.350. The van der Waals surface area contributed by atoms with Crippen LogP contribution in [0.4, 0.5) is 0 Å². The number of ketones is 1. The summed E-state index contributed by atoms with van der Waals surface area (Å²) in [6.07, 6.45) is 14.3. The maximum absolute atomic E-state index is 13.1. The van der Waals surface area contributed by atoms with Crippen molar-refractivity contribution < 1.29 is 14.3 Å². The third-order valence-corrected chi connectivity index (χ3v) is 8.55. The van der Waals surface area contributed by atoms with Crippen molar-refractivity contribution in [2.45, 2.75) is 102 Å². The minimum absolute atomic E-state index is 0.159. The number of rotatable bonds is 11. The highest BCUT2D eigenvalue weighted by atomic mass is 32.2. The predicted octanol–water partition coefficient (Wildman–Crippen LogP) is 5.84. The molecule has 4 atom stereocenters. The van der Waals surface area contributed by atoms with E-state index in [1.165, 1.54) is 25.5 Å². The number of methoxy groups -OCH3 is 1. The van der Waals surface area contributed by atoms with Crippen molar-refractivity contribution in [2.75, 3.05) is 12.9 Å². The Morgan fingerprint density at radius 3 is 2.44 bits per heavy atom. The number of hydrogen-bond acceptors (Lipinski definition) is 4. The van der Waals surface area contributed by atoms with Crippen molar-refractivity contribution in [1.82, 2.24) is 0 Å². The molecule has 0 radical (unpaired) electrons. The molecule has 0 aromatic heterocycles. The van der Waals surface area contributed by atoms with E-state index in [0.29, 0.717) is 17.0 Å². The zero-order valence-electron chi connectivity index (χ0n) is 17.7. The van der Waals surface area contributed by atoms with E-state index in [4.69, 9.17) is 4.74 Å². The van der Waals surface area contributed by atoms with E-state index in [1.54, 1.807) is 7.11 Å². The Balaban J connectivity index is 1.96. The van der Waals surface area contributed by atoms with Crippen LogP contribution in [0.15, 0.2) is 0 Å². The molecule has 4 unspecified atom stereocenters. The van der Waals surface area contributed by atoms with E-state index in [-0.39, 0.29) is 17.4 Å². The van der Waals surface area contributed by atoms with Gasteiger partial charge in [0.15, 0.2) is 0 Å². The van der Waals surface area contributed by atoms with Gasteiger partial charge in [0.2, 0.25) is 0 Å². The van der Waals surface area contributed by atoms with E-state index in [9.17, 15) is 9.59 Å². The molecule has 2 rings (SSSR count). The largest absolute Gasteiger partial charge is 0.381 e. The van der Waals surface area contributed by atoms with Crippen molar-refractivity contribution in [3.8, 4) is 0 Å². The molecule has 0 aromatic rings. The lowest BCUT2D eigenvalue weighted by Gasteiger charge is -2.37. The second kappa shape index (κ2) is 11.6. The first-order valence-corrected chi connectivity index (χ1v) is 12.3. The summed E-state index contributed by atoms with van der Waals surface area (Å²) in [6.45, 7) is 4.32. The van der Waals surface area contributed by atoms with E-state index >= 15 is 0 Å². The van der Waals surface area contributed by atoms with Gasteiger partial charge in [0.25, 0.3) is 0 Å². The van der Waals surface area contributed by atoms with Crippen LogP contribution in [-0.4, -0.2) is 36.3 Å². The molecule has 0 bridgehead atoms. The SMILES string of the molecule is CCCCC(C=O)(CC)CSC1CC(OC)CC(C(=O)C2CCCCC2)C1. The van der Waals surface area contributed by atoms with Crippen LogP contribution in [0.3, 0.4) is 0 Å². The number of ether oxygens (including phenoxy) is 1. The van der Waals surface area contributed by atoms with Gasteiger partial charge in [0, 0.05) is 35.4 Å². The van der Waals surface area contributed by atoms with E-state index in [0.717, 1.165) is 63.5 Å². The molecule has 0 aliphatic heterocycles. The van der Waals surface area contributed by atoms with Gasteiger partial charge in [0.05, 0.1) is 6.10 Å². The first-order chi connectivity index (χ1) is 13.1. The highest BCUT2D eigenvalue weighted by molar-refractivity contribution is 7.99. The molecule has 27 heavy (non-hydrogen) atoms. The lowest BCUT2D eigenvalue weighted by molar-refractivity contribution is -0.130. The first kappa shape index (κ1) is 22.9. The summed E-state index contributed by atoms with van der Waals surface area (Å²) in [5.41, 5.74) is -0.191. The van der Waals surface area contributed by atoms with Crippen LogP contribution in [-0.2, 0) is 14.3 Å². The van der Waals surface area contributed by atoms with Crippen molar-refractivity contribution in [3.63, 3.8) is 0 Å². The third-order valence-electron chi connectivity index (χ3n) is 6.95. The summed E-state index contributed by atoms with van der Waals surface area (Å²) in [7, 11) is 1.78. The Morgan fingerprint density at radius 2 is 1.85 bits per heavy atom. The maximum Gasteiger partial charge on any atom is 0.139 e. The van der Waals surface area contributed by atoms with Crippen LogP contribution in [0.1, 0.15) is 90.9 Å². The minimum Gasteiger partial charge on any atom is -0.381 e. The van der Waals surface area contributed by atoms with Gasteiger partial charge in [-0.2, -0.15) is 11.8 Å². The van der Waals surface area contributed by atoms with Crippen LogP contribution in [0.25, 0.3) is 0 Å². The van der Waals surface area contributed by atoms with Gasteiger partial charge >= 0.3 is 0 Å². The molecule has 0 spiro atoms. The van der Waals surface area contributed by atoms with Gasteiger partial charge in [-0.05, 0) is 44.9 Å². The molecular weight excluding hydrogens is 356 g/mol. The molecule has 0 amide bonds. The number of carbonyl (C=O) groups excluding carboxylic acids is 2. The molecule has 2 fully saturated rings. The van der Waals surface area contributed by atoms with Gasteiger partial charge in [-0.1, -0.05) is 46.0 Å². The second-order valence-electron chi connectivity index (χ2n) is 8.87. The molecular formula is C23H40O3S. The van der Waals surface area contributed by atoms with Gasteiger partial charge < -0.3 is 9.53 Å². The molecule has 0 heterocycles. The summed E-state index contributed by atoms with van der Waals surface area (Å²) in [5.74, 6) is 1.84. The van der Waals surface area contributed by atoms with Crippen LogP contribution in [0.2, 0.25) is 0 Å². The van der Waals surface area contributed by atoms with E-state index in [1.807, 2.05) is 11.8 Å². The van der Waals surface area contributed by atoms with Crippen molar-refractivity contribution in [3.05, 3.63) is 0 Å². The molecule has 2 aliphatic carbocycles. The standard InChI is InChI=1S/C23H40O3S/c1-4-6-12-23(5-2,16-24)17-27-21-14-19(13-20(15-21)26-3)22(25)18-10-8-7-9-11-18/h16,18-21H,4-15,17H2,1-3H3. The highest BCUT2D eigenvalue weighted by Gasteiger charge is 2.37. The molecule has 2 aliphatic rings. The van der Waals surface area contributed by atoms with Crippen LogP contribution >= 0.6 is 11.8 Å². The van der Waals surface area contributed by atoms with Gasteiger partial charge in [-0.3, -0.25) is 4.79 Å². The predicted molar refractivity (Wildman–Crippen MR) is 114 cm³/mol. The lowest BCUT2D eigenvalue weighted by Crippen LogP contribution is -2.37. The molecule has 0 aromatic carbocycles. The van der Waals surface area contributed by atoms with Gasteiger partial charge in [-0.25, -0.2) is 0 Å². The molecule has 0 N–H and O–H groups in total. The fourth-order valence-corrected chi connectivity index (χ4v) is 6.54. The summed E-state index contributed by atoms with van der Waals surface area (Å²) < 4.78 is 5.70. The quantitative estimate of drug-likeness (QED) is 0.412. The van der Waals surface area contributed by atoms with Crippen molar-refractivity contribution >= 4 is 23.8 Å². The average molecular weight is 397 g/mol. The van der Waals surface area contributed by atoms with Gasteiger partial charge in [0.1, 0.15) is 12.1 Å². The minimum atomic E-state index is -0.191. The Labute approximate surface area is 170 Å². The van der Waals surface area contributed by atoms with Gasteiger partial charge in [-0.15, -0.1) is 0 Å². The van der Waals surface area contributed by atoms with Crippen molar-refractivity contribution in [2.24, 2.45) is 17.3 Å². The Morgan fingerprint density at radius 1 is 1.11 bits per heavy atom. The van der Waals surface area contributed by atoms with E-state index < -0.39 is 0 Å². The Kier molecular flexibility index (Phi) is 9.86. The average Bonchev–Trinajstić information content (AvgIpc) is 2.74. The highest BCUT2D eigenvalue weighted by Crippen LogP contribution is 2.40. The number of hydrogen-bond donors (Lipinski definition) is 0. The summed E-state index contributed by atoms with van der Waals surface area (Å²) in [6, 6.07) is 0. The molecule has 2 saturated carbocycles. The second-order valence-corrected chi connectivity index (χ2v) is 10.2. The molecule has 3 nitrogen and oxygen atoms in total. The number of carbonyl (C=O) groups is 2. The number of thioether (sulfide) groups is 1. The summed E-state index contributed by atoms with van der Waals surface area (Å²) >= 11 is 1.93. The van der Waals surface area contributed by atoms with Crippen LogP contribution < -0.4 is 0 Å². The maximum atomic E-state index is 13.1. The number of unbranched alkanes of at least 4 members (excludes halogenated alkanes) is 1. The topological polar surface area (TPSA) is 43.4 Å². The summed E-state index contributed by atoms with van der Waals surface area (Å²) in [5, 5.41) is 0.439. The molecule has 156 valence electrons. The number of aldehydes is 1. The molecule has 0 saturated heterocycles. The van der Waals surface area contributed by atoms with Crippen molar-refractivity contribution in [1.29, 1.82) is 0 Å². The monoisotopic (exact) mass is 396 g/mol. The summed E-state index contributed by atoms with van der Waals surface area (Å²) in [4.78, 5) is 24.9. The lowest BCUT2D eigenvalue weighted by atomic mass is 9.75. The van der Waals surface area contributed by atoms with E-state index in [2.05, 4.69) is 13.8 Å². The zero-order valence-corrected chi connectivity index (χ0v) is 18.5. The zero-order chi connectivity index (χ0) is 19.7. The van der Waals surface area contributed by atoms with Crippen LogP contribution in [0.5, 0.6) is 0 Å². The smallest absolute Gasteiger partial charge is 0.139 e. The van der Waals surface area contributed by atoms with Crippen LogP contribution in [0, 0.1) is 17.3 Å². The number of Topliss-reactive ketones (excluding diaryl/α,β-unsaturated/α-hetero) is 1. The fourth-order valence-electron chi connectivity index (χ4n) is 4.84. The molecule has 4 heteroatoms. The third kappa shape index (κ3) is 6.59. The normalized spacial score (nSPS) is 29.2. The fraction of sp³-hybridized carbons (Fsp3) is 0.913.